The number of aryl methyl sites for hydroxylation is 1. The van der Waals surface area contributed by atoms with Gasteiger partial charge in [-0.3, -0.25) is 0 Å². The highest BCUT2D eigenvalue weighted by atomic mass is 16.5. The molecular weight excluding hydrogens is 334 g/mol. The molecule has 0 amide bonds. The van der Waals surface area contributed by atoms with E-state index in [0.29, 0.717) is 6.61 Å². The van der Waals surface area contributed by atoms with Gasteiger partial charge in [-0.05, 0) is 49.7 Å². The van der Waals surface area contributed by atoms with Crippen LogP contribution in [-0.2, 0) is 13.0 Å². The summed E-state index contributed by atoms with van der Waals surface area (Å²) in [5.74, 6) is 0.914. The zero-order valence-electron chi connectivity index (χ0n) is 16.2. The average Bonchev–Trinajstić information content (AvgIpc) is 3.11. The molecule has 142 valence electrons. The van der Waals surface area contributed by atoms with Crippen molar-refractivity contribution in [3.63, 3.8) is 0 Å². The lowest BCUT2D eigenvalue weighted by Crippen LogP contribution is -2.44. The van der Waals surface area contributed by atoms with Crippen molar-refractivity contribution in [2.45, 2.75) is 19.4 Å². The molecule has 1 aromatic heterocycles. The van der Waals surface area contributed by atoms with Crippen LogP contribution in [0.15, 0.2) is 54.7 Å². The molecule has 1 saturated heterocycles. The smallest absolute Gasteiger partial charge is 0.121 e. The normalized spacial score (nSPS) is 16.0. The molecule has 0 spiro atoms. The highest BCUT2D eigenvalue weighted by Crippen LogP contribution is 2.25. The lowest BCUT2D eigenvalue weighted by Gasteiger charge is -2.32. The van der Waals surface area contributed by atoms with Gasteiger partial charge in [-0.15, -0.1) is 0 Å². The standard InChI is InChI=1S/C23H29N3O/c1-25-12-14-26(15-13-25)11-5-8-20-17-24-23-16-21(9-10-22(20)23)27-18-19-6-3-2-4-7-19/h2-4,6-7,9-10,16-17,24H,5,8,11-15,18H2,1H3. The van der Waals surface area contributed by atoms with Gasteiger partial charge in [0.15, 0.2) is 0 Å². The number of hydrogen-bond donors (Lipinski definition) is 1. The molecule has 0 saturated carbocycles. The molecule has 1 aliphatic rings. The lowest BCUT2D eigenvalue weighted by atomic mass is 10.1. The molecule has 2 aromatic carbocycles. The second-order valence-electron chi connectivity index (χ2n) is 7.54. The number of rotatable bonds is 7. The second kappa shape index (κ2) is 8.59. The van der Waals surface area contributed by atoms with Crippen molar-refractivity contribution in [1.29, 1.82) is 0 Å². The fourth-order valence-electron chi connectivity index (χ4n) is 3.77. The lowest BCUT2D eigenvalue weighted by molar-refractivity contribution is 0.153. The molecule has 0 unspecified atom stereocenters. The molecular formula is C23H29N3O. The van der Waals surface area contributed by atoms with Crippen molar-refractivity contribution in [3.05, 3.63) is 65.9 Å². The predicted octanol–water partition coefficient (Wildman–Crippen LogP) is 3.93. The van der Waals surface area contributed by atoms with E-state index < -0.39 is 0 Å². The Balaban J connectivity index is 1.32. The summed E-state index contributed by atoms with van der Waals surface area (Å²) < 4.78 is 5.95. The molecule has 4 rings (SSSR count). The third kappa shape index (κ3) is 4.71. The fraction of sp³-hybridized carbons (Fsp3) is 0.391. The summed E-state index contributed by atoms with van der Waals surface area (Å²) in [5.41, 5.74) is 3.76. The van der Waals surface area contributed by atoms with E-state index in [4.69, 9.17) is 4.74 Å². The zero-order chi connectivity index (χ0) is 18.5. The zero-order valence-corrected chi connectivity index (χ0v) is 16.2. The van der Waals surface area contributed by atoms with Crippen molar-refractivity contribution in [2.75, 3.05) is 39.8 Å². The van der Waals surface area contributed by atoms with E-state index in [2.05, 4.69) is 58.4 Å². The second-order valence-corrected chi connectivity index (χ2v) is 7.54. The van der Waals surface area contributed by atoms with Gasteiger partial charge in [0.1, 0.15) is 12.4 Å². The minimum Gasteiger partial charge on any atom is -0.489 e. The van der Waals surface area contributed by atoms with Crippen LogP contribution in [0.1, 0.15) is 17.5 Å². The van der Waals surface area contributed by atoms with Gasteiger partial charge < -0.3 is 19.5 Å². The van der Waals surface area contributed by atoms with E-state index in [9.17, 15) is 0 Å². The molecule has 4 heteroatoms. The molecule has 0 bridgehead atoms. The van der Waals surface area contributed by atoms with Crippen LogP contribution in [0, 0.1) is 0 Å². The summed E-state index contributed by atoms with van der Waals surface area (Å²) in [4.78, 5) is 8.42. The van der Waals surface area contributed by atoms with Crippen molar-refractivity contribution in [3.8, 4) is 5.75 Å². The van der Waals surface area contributed by atoms with E-state index in [1.54, 1.807) is 0 Å². The van der Waals surface area contributed by atoms with Gasteiger partial charge in [0.2, 0.25) is 0 Å². The number of nitrogens with zero attached hydrogens (tertiary/aromatic N) is 2. The van der Waals surface area contributed by atoms with Gasteiger partial charge in [-0.2, -0.15) is 0 Å². The number of aromatic nitrogens is 1. The van der Waals surface area contributed by atoms with Crippen LogP contribution < -0.4 is 4.74 Å². The number of likely N-dealkylation sites (N-methyl/N-ethyl adjacent to an activating group) is 1. The minimum absolute atomic E-state index is 0.602. The molecule has 0 atom stereocenters. The van der Waals surface area contributed by atoms with Crippen molar-refractivity contribution in [1.82, 2.24) is 14.8 Å². The number of aromatic amines is 1. The van der Waals surface area contributed by atoms with Crippen LogP contribution in [0.4, 0.5) is 0 Å². The summed E-state index contributed by atoms with van der Waals surface area (Å²) in [5, 5.41) is 1.32. The quantitative estimate of drug-likeness (QED) is 0.690. The highest BCUT2D eigenvalue weighted by Gasteiger charge is 2.13. The van der Waals surface area contributed by atoms with Gasteiger partial charge in [0.05, 0.1) is 0 Å². The Morgan fingerprint density at radius 1 is 1.00 bits per heavy atom. The monoisotopic (exact) mass is 363 g/mol. The summed E-state index contributed by atoms with van der Waals surface area (Å²) in [6.45, 7) is 6.58. The van der Waals surface area contributed by atoms with Gasteiger partial charge in [-0.25, -0.2) is 0 Å². The van der Waals surface area contributed by atoms with Crippen LogP contribution in [0.25, 0.3) is 10.9 Å². The number of fused-ring (bicyclic) bond motifs is 1. The molecule has 2 heterocycles. The number of piperazine rings is 1. The Labute approximate surface area is 161 Å². The topological polar surface area (TPSA) is 31.5 Å². The molecule has 0 radical (unpaired) electrons. The first-order valence-electron chi connectivity index (χ1n) is 9.95. The van der Waals surface area contributed by atoms with Gasteiger partial charge in [-0.1, -0.05) is 30.3 Å². The van der Waals surface area contributed by atoms with Gasteiger partial charge >= 0.3 is 0 Å². The minimum atomic E-state index is 0.602. The van der Waals surface area contributed by atoms with Crippen LogP contribution in [0.2, 0.25) is 0 Å². The van der Waals surface area contributed by atoms with Crippen LogP contribution in [0.3, 0.4) is 0 Å². The first-order valence-corrected chi connectivity index (χ1v) is 9.95. The molecule has 27 heavy (non-hydrogen) atoms. The summed E-state index contributed by atoms with van der Waals surface area (Å²) >= 11 is 0. The van der Waals surface area contributed by atoms with E-state index >= 15 is 0 Å². The maximum absolute atomic E-state index is 5.95. The number of H-pyrrole nitrogens is 1. The summed E-state index contributed by atoms with van der Waals surface area (Å²) in [6.07, 6.45) is 4.50. The van der Waals surface area contributed by atoms with E-state index in [0.717, 1.165) is 17.7 Å². The Bertz CT molecular complexity index is 850. The van der Waals surface area contributed by atoms with Crippen molar-refractivity contribution < 1.29 is 4.74 Å². The maximum Gasteiger partial charge on any atom is 0.121 e. The number of benzene rings is 2. The van der Waals surface area contributed by atoms with Gasteiger partial charge in [0, 0.05) is 49.3 Å². The maximum atomic E-state index is 5.95. The van der Waals surface area contributed by atoms with Crippen LogP contribution in [-0.4, -0.2) is 54.6 Å². The number of nitrogens with one attached hydrogen (secondary N) is 1. The molecule has 4 nitrogen and oxygen atoms in total. The fourth-order valence-corrected chi connectivity index (χ4v) is 3.77. The first-order chi connectivity index (χ1) is 13.3. The molecule has 1 N–H and O–H groups in total. The SMILES string of the molecule is CN1CCN(CCCc2c[nH]c3cc(OCc4ccccc4)ccc23)CC1. The third-order valence-corrected chi connectivity index (χ3v) is 5.50. The Morgan fingerprint density at radius 2 is 1.81 bits per heavy atom. The first kappa shape index (κ1) is 18.1. The predicted molar refractivity (Wildman–Crippen MR) is 111 cm³/mol. The Hall–Kier alpha value is -2.30. The van der Waals surface area contributed by atoms with Crippen molar-refractivity contribution in [2.24, 2.45) is 0 Å². The largest absolute Gasteiger partial charge is 0.489 e. The third-order valence-electron chi connectivity index (χ3n) is 5.50. The van der Waals surface area contributed by atoms with E-state index in [1.165, 1.54) is 55.7 Å². The Kier molecular flexibility index (Phi) is 5.75. The van der Waals surface area contributed by atoms with Crippen molar-refractivity contribution >= 4 is 10.9 Å². The molecule has 1 fully saturated rings. The molecule has 1 aliphatic heterocycles. The number of hydrogen-bond acceptors (Lipinski definition) is 3. The highest BCUT2D eigenvalue weighted by molar-refractivity contribution is 5.84. The molecule has 0 aliphatic carbocycles. The van der Waals surface area contributed by atoms with Crippen LogP contribution in [0.5, 0.6) is 5.75 Å². The van der Waals surface area contributed by atoms with E-state index in [1.807, 2.05) is 18.2 Å². The van der Waals surface area contributed by atoms with Gasteiger partial charge in [0.25, 0.3) is 0 Å². The van der Waals surface area contributed by atoms with E-state index in [-0.39, 0.29) is 0 Å². The summed E-state index contributed by atoms with van der Waals surface area (Å²) in [6, 6.07) is 16.7. The Morgan fingerprint density at radius 3 is 2.63 bits per heavy atom. The molecule has 3 aromatic rings. The summed E-state index contributed by atoms with van der Waals surface area (Å²) in [7, 11) is 2.21. The van der Waals surface area contributed by atoms with Crippen LogP contribution >= 0.6 is 0 Å². The average molecular weight is 364 g/mol. The number of ether oxygens (including phenoxy) is 1.